The molecule has 3 N–H and O–H groups in total. The van der Waals surface area contributed by atoms with Crippen LogP contribution in [0, 0.1) is 5.82 Å². The van der Waals surface area contributed by atoms with Crippen molar-refractivity contribution in [1.82, 2.24) is 25.1 Å². The van der Waals surface area contributed by atoms with Crippen molar-refractivity contribution in [3.05, 3.63) is 93.2 Å². The third-order valence-corrected chi connectivity index (χ3v) is 7.50. The molecule has 3 aromatic rings. The number of β-amino-alcohol motifs (C(OH)–C–C–N with tert-alkyl or cyclic N) is 1. The Morgan fingerprint density at radius 2 is 1.80 bits per heavy atom. The third kappa shape index (κ3) is 7.78. The molecular formula is C29H34Cl2FN5O4. The first kappa shape index (κ1) is 31.2. The summed E-state index contributed by atoms with van der Waals surface area (Å²) in [5.74, 6) is -0.791. The zero-order valence-electron chi connectivity index (χ0n) is 22.8. The van der Waals surface area contributed by atoms with E-state index >= 15 is 4.39 Å². The molecule has 0 bridgehead atoms. The van der Waals surface area contributed by atoms with Gasteiger partial charge in [-0.05, 0) is 36.2 Å². The van der Waals surface area contributed by atoms with E-state index < -0.39 is 23.6 Å². The second kappa shape index (κ2) is 14.5. The zero-order chi connectivity index (χ0) is 29.4. The number of nitrogens with one attached hydrogen (secondary N) is 1. The SMILES string of the molecule is CCC(O)(CN1CCNCC1)c1cc(F)c2c(c1)C(=O)N(Cc1ncc(Cl)cn1)C2OCCO.Clc1ccccc1. The number of carbonyl (C=O) groups excluding carboxylic acids is 1. The predicted octanol–water partition coefficient (Wildman–Crippen LogP) is 3.78. The molecule has 2 unspecified atom stereocenters. The molecule has 1 aromatic heterocycles. The molecule has 0 radical (unpaired) electrons. The van der Waals surface area contributed by atoms with Gasteiger partial charge in [-0.2, -0.15) is 0 Å². The fourth-order valence-electron chi connectivity index (χ4n) is 4.86. The second-order valence-corrected chi connectivity index (χ2v) is 10.7. The zero-order valence-corrected chi connectivity index (χ0v) is 24.3. The van der Waals surface area contributed by atoms with Crippen molar-refractivity contribution >= 4 is 29.1 Å². The van der Waals surface area contributed by atoms with Crippen molar-refractivity contribution in [3.63, 3.8) is 0 Å². The first-order valence-electron chi connectivity index (χ1n) is 13.5. The molecule has 2 aromatic carbocycles. The van der Waals surface area contributed by atoms with Gasteiger partial charge >= 0.3 is 0 Å². The molecule has 1 fully saturated rings. The van der Waals surface area contributed by atoms with Crippen molar-refractivity contribution < 1.29 is 24.1 Å². The number of hydrogen-bond acceptors (Lipinski definition) is 8. The number of amides is 1. The Bertz CT molecular complexity index is 1300. The van der Waals surface area contributed by atoms with Gasteiger partial charge in [0.2, 0.25) is 0 Å². The van der Waals surface area contributed by atoms with E-state index in [2.05, 4.69) is 20.2 Å². The number of ether oxygens (including phenoxy) is 1. The van der Waals surface area contributed by atoms with Gasteiger partial charge in [-0.1, -0.05) is 48.3 Å². The minimum absolute atomic E-state index is 0.0334. The highest BCUT2D eigenvalue weighted by molar-refractivity contribution is 6.30. The Hall–Kier alpha value is -2.70. The van der Waals surface area contributed by atoms with Crippen molar-refractivity contribution in [3.8, 4) is 0 Å². The van der Waals surface area contributed by atoms with Crippen LogP contribution >= 0.6 is 23.2 Å². The minimum Gasteiger partial charge on any atom is -0.394 e. The summed E-state index contributed by atoms with van der Waals surface area (Å²) in [6.07, 6.45) is 2.14. The largest absolute Gasteiger partial charge is 0.394 e. The lowest BCUT2D eigenvalue weighted by Gasteiger charge is -2.36. The van der Waals surface area contributed by atoms with E-state index in [0.29, 0.717) is 29.4 Å². The van der Waals surface area contributed by atoms with E-state index in [9.17, 15) is 15.0 Å². The van der Waals surface area contributed by atoms with Crippen LogP contribution in [0.1, 0.15) is 46.9 Å². The number of aliphatic hydroxyl groups excluding tert-OH is 1. The first-order valence-corrected chi connectivity index (χ1v) is 14.2. The van der Waals surface area contributed by atoms with Crippen LogP contribution in [0.3, 0.4) is 0 Å². The summed E-state index contributed by atoms with van der Waals surface area (Å²) in [6, 6.07) is 12.3. The van der Waals surface area contributed by atoms with Gasteiger partial charge in [0, 0.05) is 55.7 Å². The number of rotatable bonds is 9. The molecule has 12 heteroatoms. The molecular weight excluding hydrogens is 572 g/mol. The number of benzene rings is 2. The van der Waals surface area contributed by atoms with E-state index in [1.165, 1.54) is 23.4 Å². The van der Waals surface area contributed by atoms with Crippen LogP contribution in [0.5, 0.6) is 0 Å². The molecule has 2 aliphatic rings. The van der Waals surface area contributed by atoms with Crippen LogP contribution in [0.25, 0.3) is 0 Å². The van der Waals surface area contributed by atoms with Gasteiger partial charge < -0.3 is 25.2 Å². The van der Waals surface area contributed by atoms with Crippen molar-refractivity contribution in [1.29, 1.82) is 0 Å². The molecule has 2 aliphatic heterocycles. The van der Waals surface area contributed by atoms with Crippen LogP contribution in [-0.4, -0.2) is 81.8 Å². The van der Waals surface area contributed by atoms with Crippen LogP contribution in [0.15, 0.2) is 54.9 Å². The molecule has 2 atom stereocenters. The number of piperazine rings is 1. The lowest BCUT2D eigenvalue weighted by atomic mass is 9.88. The summed E-state index contributed by atoms with van der Waals surface area (Å²) in [6.45, 7) is 4.97. The summed E-state index contributed by atoms with van der Waals surface area (Å²) in [4.78, 5) is 25.1. The van der Waals surface area contributed by atoms with Gasteiger partial charge in [-0.3, -0.25) is 9.69 Å². The smallest absolute Gasteiger partial charge is 0.257 e. The first-order chi connectivity index (χ1) is 19.8. The quantitative estimate of drug-likeness (QED) is 0.338. The highest BCUT2D eigenvalue weighted by atomic mass is 35.5. The van der Waals surface area contributed by atoms with Gasteiger partial charge in [0.25, 0.3) is 5.91 Å². The van der Waals surface area contributed by atoms with E-state index in [1.54, 1.807) is 6.07 Å². The molecule has 0 spiro atoms. The van der Waals surface area contributed by atoms with Gasteiger partial charge in [0.15, 0.2) is 6.23 Å². The summed E-state index contributed by atoms with van der Waals surface area (Å²) in [5, 5.41) is 25.1. The lowest BCUT2D eigenvalue weighted by Crippen LogP contribution is -2.49. The maximum Gasteiger partial charge on any atom is 0.257 e. The minimum atomic E-state index is -1.32. The molecule has 1 amide bonds. The maximum atomic E-state index is 15.5. The normalized spacial score (nSPS) is 18.4. The predicted molar refractivity (Wildman–Crippen MR) is 154 cm³/mol. The Labute approximate surface area is 248 Å². The van der Waals surface area contributed by atoms with Gasteiger partial charge in [0.1, 0.15) is 17.2 Å². The average molecular weight is 607 g/mol. The van der Waals surface area contributed by atoms with Gasteiger partial charge in [-0.15, -0.1) is 0 Å². The third-order valence-electron chi connectivity index (χ3n) is 7.05. The van der Waals surface area contributed by atoms with Crippen molar-refractivity contribution in [2.24, 2.45) is 0 Å². The number of hydrogen-bond donors (Lipinski definition) is 3. The maximum absolute atomic E-state index is 15.5. The Kier molecular flexibility index (Phi) is 11.0. The van der Waals surface area contributed by atoms with E-state index in [-0.39, 0.29) is 30.9 Å². The molecule has 1 saturated heterocycles. The molecule has 0 saturated carbocycles. The molecule has 5 rings (SSSR count). The van der Waals surface area contributed by atoms with Crippen molar-refractivity contribution in [2.45, 2.75) is 31.7 Å². The Morgan fingerprint density at radius 1 is 1.12 bits per heavy atom. The second-order valence-electron chi connectivity index (χ2n) is 9.82. The number of aliphatic hydroxyl groups is 2. The standard InChI is InChI=1S/C23H29ClFN5O4.C6H5Cl/c1-2-23(33,14-29-5-3-26-4-6-29)15-9-17-20(18(25)10-15)22(34-8-7-31)30(21(17)32)13-19-27-11-16(24)12-28-19;7-6-4-2-1-3-5-6/h9-12,22,26,31,33H,2-8,13-14H2,1H3;1-5H. The number of halogens is 3. The van der Waals surface area contributed by atoms with Gasteiger partial charge in [0.05, 0.1) is 30.3 Å². The highest BCUT2D eigenvalue weighted by Gasteiger charge is 2.42. The molecule has 9 nitrogen and oxygen atoms in total. The Balaban J connectivity index is 0.000000483. The van der Waals surface area contributed by atoms with Crippen molar-refractivity contribution in [2.75, 3.05) is 45.9 Å². The number of carbonyl (C=O) groups is 1. The fraction of sp³-hybridized carbons (Fsp3) is 0.414. The van der Waals surface area contributed by atoms with E-state index in [1.807, 2.05) is 37.3 Å². The van der Waals surface area contributed by atoms with Crippen LogP contribution in [0.4, 0.5) is 4.39 Å². The molecule has 0 aliphatic carbocycles. The van der Waals surface area contributed by atoms with Gasteiger partial charge in [-0.25, -0.2) is 14.4 Å². The monoisotopic (exact) mass is 605 g/mol. The summed E-state index contributed by atoms with van der Waals surface area (Å²) < 4.78 is 21.2. The number of nitrogens with zero attached hydrogens (tertiary/aromatic N) is 4. The number of aromatic nitrogens is 2. The molecule has 3 heterocycles. The van der Waals surface area contributed by atoms with E-state index in [4.69, 9.17) is 27.9 Å². The van der Waals surface area contributed by atoms with Crippen LogP contribution in [0.2, 0.25) is 10.0 Å². The van der Waals surface area contributed by atoms with E-state index in [0.717, 1.165) is 31.2 Å². The Morgan fingerprint density at radius 3 is 2.39 bits per heavy atom. The summed E-state index contributed by atoms with van der Waals surface area (Å²) in [7, 11) is 0. The fourth-order valence-corrected chi connectivity index (χ4v) is 5.10. The summed E-state index contributed by atoms with van der Waals surface area (Å²) >= 11 is 11.4. The molecule has 220 valence electrons. The van der Waals surface area contributed by atoms with Crippen LogP contribution < -0.4 is 5.32 Å². The topological polar surface area (TPSA) is 111 Å². The average Bonchev–Trinajstić information content (AvgIpc) is 3.25. The molecule has 41 heavy (non-hydrogen) atoms. The highest BCUT2D eigenvalue weighted by Crippen LogP contribution is 2.40. The lowest BCUT2D eigenvalue weighted by molar-refractivity contribution is -0.0554. The van der Waals surface area contributed by atoms with Crippen LogP contribution in [-0.2, 0) is 16.9 Å². The summed E-state index contributed by atoms with van der Waals surface area (Å²) in [5.41, 5.74) is -0.763. The number of fused-ring (bicyclic) bond motifs is 1.